The minimum atomic E-state index is -2.31. The number of benzene rings is 1. The van der Waals surface area contributed by atoms with Crippen molar-refractivity contribution >= 4 is 28.8 Å². The minimum Gasteiger partial charge on any atom is -0.468 e. The number of ether oxygens (including phenoxy) is 4. The topological polar surface area (TPSA) is 174 Å². The second-order valence-electron chi connectivity index (χ2n) is 19.1. The van der Waals surface area contributed by atoms with E-state index in [0.29, 0.717) is 71.2 Å². The quantitative estimate of drug-likeness (QED) is 0.174. The Morgan fingerprint density at radius 2 is 1.75 bits per heavy atom. The number of hydrogen-bond acceptors (Lipinski definition) is 13. The fraction of sp³-hybridized carbons (Fsp3) is 0.638. The van der Waals surface area contributed by atoms with Crippen LogP contribution < -0.4 is 0 Å². The van der Waals surface area contributed by atoms with Gasteiger partial charge >= 0.3 is 17.9 Å². The molecule has 7 aliphatic rings. The molecule has 14 nitrogen and oxygen atoms in total. The Hall–Kier alpha value is -4.05. The van der Waals surface area contributed by atoms with Gasteiger partial charge in [0.05, 0.1) is 38.6 Å². The van der Waals surface area contributed by atoms with Crippen molar-refractivity contribution in [3.05, 3.63) is 70.6 Å². The molecule has 14 heteroatoms. The first-order valence-electron chi connectivity index (χ1n) is 22.0. The average molecular weight is 843 g/mol. The van der Waals surface area contributed by atoms with Gasteiger partial charge in [-0.3, -0.25) is 19.4 Å². The minimum absolute atomic E-state index is 0.108. The first kappa shape index (κ1) is 42.3. The van der Waals surface area contributed by atoms with Gasteiger partial charge < -0.3 is 44.2 Å². The molecule has 12 atom stereocenters. The van der Waals surface area contributed by atoms with Gasteiger partial charge in [0, 0.05) is 92.3 Å². The lowest BCUT2D eigenvalue weighted by molar-refractivity contribution is -0.243. The molecule has 330 valence electrons. The maximum absolute atomic E-state index is 15.4. The van der Waals surface area contributed by atoms with E-state index in [0.717, 1.165) is 39.0 Å². The van der Waals surface area contributed by atoms with Crippen LogP contribution in [0.1, 0.15) is 69.7 Å². The van der Waals surface area contributed by atoms with Crippen molar-refractivity contribution in [3.8, 4) is 0 Å². The molecule has 61 heavy (non-hydrogen) atoms. The molecule has 1 spiro atoms. The smallest absolute Gasteiger partial charge is 0.344 e. The van der Waals surface area contributed by atoms with Crippen LogP contribution in [0, 0.1) is 22.7 Å². The maximum atomic E-state index is 15.4. The molecule has 2 aromatic rings. The number of esters is 3. The number of aliphatic hydroxyl groups is 3. The van der Waals surface area contributed by atoms with Gasteiger partial charge in [-0.1, -0.05) is 38.1 Å². The number of allylic oxidation sites excluding steroid dienone is 1. The number of nitrogens with zero attached hydrogens (tertiary/aromatic N) is 3. The second kappa shape index (κ2) is 14.8. The number of piperidine rings is 1. The normalized spacial score (nSPS) is 40.0. The van der Waals surface area contributed by atoms with E-state index in [1.165, 1.54) is 21.1 Å². The molecule has 3 unspecified atom stereocenters. The first-order chi connectivity index (χ1) is 29.2. The number of aliphatic hydroxyl groups excluding tert-OH is 1. The Balaban J connectivity index is 1.34. The number of nitrogens with one attached hydrogen (secondary N) is 1. The summed E-state index contributed by atoms with van der Waals surface area (Å²) in [6, 6.07) is 4.62. The lowest BCUT2D eigenvalue weighted by Gasteiger charge is -2.63. The van der Waals surface area contributed by atoms with E-state index in [1.807, 2.05) is 50.1 Å². The summed E-state index contributed by atoms with van der Waals surface area (Å²) in [6.07, 6.45) is 9.40. The van der Waals surface area contributed by atoms with E-state index in [2.05, 4.69) is 33.0 Å². The van der Waals surface area contributed by atoms with Crippen LogP contribution in [0.4, 0.5) is 0 Å². The molecule has 4 fully saturated rings. The summed E-state index contributed by atoms with van der Waals surface area (Å²) in [5.74, 6) is -2.69. The molecule has 4 N–H and O–H groups in total. The fourth-order valence-electron chi connectivity index (χ4n) is 14.1. The number of likely N-dealkylation sites (tertiary alicyclic amines) is 1. The van der Waals surface area contributed by atoms with Crippen LogP contribution in [0.2, 0.25) is 0 Å². The molecular formula is C47H62N4O10. The standard InChI is InChI=1S/C47H62N4O10/c1-8-43(56)22-29-23-46(41(54)59-6,37-30(13-17-50(24-29)26-43)31-19-28(25-52)11-12-34(31)48-37)33-20-32-35(21-36(33)58-5)49(4)39-45(32)15-18-51-16-10-14-44(9-2,38(45)51)40(61-27(3)53)47(39,57)42(55)60-7/h10-12,14,19-21,29,33,36,38-40,48,52,56-57H,8-9,13,15-18,22-26H2,1-7H3/t29-,33?,36?,38+,39-,40-,43+,44-,45-,46+,47+/m1/s1. The van der Waals surface area contributed by atoms with Crippen LogP contribution in [-0.2, 0) is 51.8 Å². The SMILES string of the molecule is CC[C@]1(O)C[C@H]2CN(CCc3c([nH]c4ccc(CO)cc34)[C@@](C(=O)OC)(C3C=C4C(=CC3OC)N(C)[C@H]3[C@@](O)(C(=O)OC)[C@H](OC(C)=O)[C@]5(CC)C=CCN6CC[C@]43[C@@H]65)C2)C1. The number of aromatic nitrogens is 1. The molecule has 9 rings (SSSR count). The van der Waals surface area contributed by atoms with Gasteiger partial charge in [0.15, 0.2) is 6.10 Å². The molecule has 2 bridgehead atoms. The van der Waals surface area contributed by atoms with Gasteiger partial charge in [-0.05, 0) is 85.9 Å². The Morgan fingerprint density at radius 1 is 0.984 bits per heavy atom. The molecule has 0 radical (unpaired) electrons. The number of carbonyl (C=O) groups is 3. The van der Waals surface area contributed by atoms with Gasteiger partial charge in [-0.15, -0.1) is 0 Å². The monoisotopic (exact) mass is 842 g/mol. The summed E-state index contributed by atoms with van der Waals surface area (Å²) in [7, 11) is 6.19. The van der Waals surface area contributed by atoms with E-state index in [4.69, 9.17) is 18.9 Å². The molecule has 1 aromatic carbocycles. The van der Waals surface area contributed by atoms with E-state index < -0.39 is 69.5 Å². The molecule has 5 aliphatic heterocycles. The van der Waals surface area contributed by atoms with Crippen LogP contribution in [0.5, 0.6) is 0 Å². The number of hydrogen-bond donors (Lipinski definition) is 4. The number of fused-ring (bicyclic) bond motifs is 6. The van der Waals surface area contributed by atoms with Crippen molar-refractivity contribution in [1.29, 1.82) is 0 Å². The van der Waals surface area contributed by atoms with Crippen molar-refractivity contribution in [3.63, 3.8) is 0 Å². The van der Waals surface area contributed by atoms with E-state index >= 15 is 4.79 Å². The zero-order chi connectivity index (χ0) is 43.4. The predicted octanol–water partition coefficient (Wildman–Crippen LogP) is 3.13. The van der Waals surface area contributed by atoms with E-state index in [9.17, 15) is 24.9 Å². The number of likely N-dealkylation sites (N-methyl/N-ethyl adjacent to an activating group) is 1. The lowest BCUT2D eigenvalue weighted by Crippen LogP contribution is -2.79. The van der Waals surface area contributed by atoms with Crippen molar-refractivity contribution < 1.29 is 48.7 Å². The third-order valence-corrected chi connectivity index (χ3v) is 16.4. The summed E-state index contributed by atoms with van der Waals surface area (Å²) < 4.78 is 24.1. The third kappa shape index (κ3) is 5.64. The van der Waals surface area contributed by atoms with Gasteiger partial charge in [-0.25, -0.2) is 4.79 Å². The van der Waals surface area contributed by atoms with Crippen LogP contribution in [0.25, 0.3) is 10.9 Å². The highest BCUT2D eigenvalue weighted by atomic mass is 16.6. The van der Waals surface area contributed by atoms with E-state index in [1.54, 1.807) is 7.11 Å². The fourth-order valence-corrected chi connectivity index (χ4v) is 14.1. The molecule has 3 saturated heterocycles. The number of carbonyl (C=O) groups excluding carboxylic acids is 3. The van der Waals surface area contributed by atoms with Crippen LogP contribution in [-0.4, -0.2) is 150 Å². The molecule has 2 aliphatic carbocycles. The highest BCUT2D eigenvalue weighted by Gasteiger charge is 2.81. The second-order valence-corrected chi connectivity index (χ2v) is 19.1. The Kier molecular flexibility index (Phi) is 10.2. The summed E-state index contributed by atoms with van der Waals surface area (Å²) >= 11 is 0. The zero-order valence-electron chi connectivity index (χ0n) is 36.5. The summed E-state index contributed by atoms with van der Waals surface area (Å²) in [4.78, 5) is 53.4. The highest BCUT2D eigenvalue weighted by Crippen LogP contribution is 2.70. The van der Waals surface area contributed by atoms with Gasteiger partial charge in [0.25, 0.3) is 0 Å². The molecule has 6 heterocycles. The number of H-pyrrole nitrogens is 1. The van der Waals surface area contributed by atoms with Crippen molar-refractivity contribution in [2.45, 2.75) is 107 Å². The number of methoxy groups -OCH3 is 3. The number of aromatic amines is 1. The zero-order valence-corrected chi connectivity index (χ0v) is 36.5. The maximum Gasteiger partial charge on any atom is 0.344 e. The summed E-state index contributed by atoms with van der Waals surface area (Å²) in [5, 5.41) is 36.6. The largest absolute Gasteiger partial charge is 0.468 e. The highest BCUT2D eigenvalue weighted by molar-refractivity contribution is 5.92. The molecule has 1 aromatic heterocycles. The number of rotatable bonds is 8. The van der Waals surface area contributed by atoms with Crippen molar-refractivity contribution in [1.82, 2.24) is 19.7 Å². The van der Waals surface area contributed by atoms with Gasteiger partial charge in [0.2, 0.25) is 5.60 Å². The van der Waals surface area contributed by atoms with Crippen LogP contribution >= 0.6 is 0 Å². The molecule has 0 amide bonds. The first-order valence-corrected chi connectivity index (χ1v) is 22.0. The third-order valence-electron chi connectivity index (χ3n) is 16.4. The Labute approximate surface area is 357 Å². The lowest BCUT2D eigenvalue weighted by atomic mass is 9.47. The van der Waals surface area contributed by atoms with Crippen molar-refractivity contribution in [2.75, 3.05) is 61.1 Å². The van der Waals surface area contributed by atoms with Crippen molar-refractivity contribution in [2.24, 2.45) is 22.7 Å². The van der Waals surface area contributed by atoms with E-state index in [-0.39, 0.29) is 18.6 Å². The Morgan fingerprint density at radius 3 is 2.43 bits per heavy atom. The molecular weight excluding hydrogens is 781 g/mol. The molecule has 1 saturated carbocycles. The van der Waals surface area contributed by atoms with Gasteiger partial charge in [-0.2, -0.15) is 0 Å². The van der Waals surface area contributed by atoms with Crippen LogP contribution in [0.15, 0.2) is 53.8 Å². The van der Waals surface area contributed by atoms with Gasteiger partial charge in [0.1, 0.15) is 5.41 Å². The Bertz CT molecular complexity index is 2240. The predicted molar refractivity (Wildman–Crippen MR) is 225 cm³/mol. The summed E-state index contributed by atoms with van der Waals surface area (Å²) in [5.41, 5.74) is -1.55. The van der Waals surface area contributed by atoms with Crippen LogP contribution in [0.3, 0.4) is 0 Å². The average Bonchev–Trinajstić information content (AvgIpc) is 3.92. The summed E-state index contributed by atoms with van der Waals surface area (Å²) in [6.45, 7) is 8.38.